The lowest BCUT2D eigenvalue weighted by molar-refractivity contribution is 1.14. The molecule has 0 unspecified atom stereocenters. The zero-order valence-corrected chi connectivity index (χ0v) is 12.5. The lowest BCUT2D eigenvalue weighted by Crippen LogP contribution is -2.28. The molecule has 0 aliphatic heterocycles. The van der Waals surface area contributed by atoms with E-state index >= 15 is 0 Å². The number of hydrogen-bond donors (Lipinski definition) is 0. The second kappa shape index (κ2) is 6.37. The molecule has 0 aromatic carbocycles. The standard InChI is InChI=1S/C13H27BSi/c1-8-12(14(10-3)11-4)13(9-2)15(5,6)7/h9H,2,8,10-11H2,1,3-7H3/b13-12+. The monoisotopic (exact) mass is 222 g/mol. The van der Waals surface area contributed by atoms with Crippen molar-refractivity contribution in [2.75, 3.05) is 0 Å². The van der Waals surface area contributed by atoms with Gasteiger partial charge < -0.3 is 0 Å². The molecule has 0 saturated carbocycles. The van der Waals surface area contributed by atoms with Crippen molar-refractivity contribution in [1.29, 1.82) is 0 Å². The number of rotatable bonds is 6. The van der Waals surface area contributed by atoms with E-state index in [9.17, 15) is 0 Å². The SMILES string of the molecule is C=C/C(=C(/CC)B(CC)CC)[Si](C)(C)C. The van der Waals surface area contributed by atoms with E-state index in [4.69, 9.17) is 0 Å². The van der Waals surface area contributed by atoms with Crippen molar-refractivity contribution in [2.45, 2.75) is 59.5 Å². The van der Waals surface area contributed by atoms with Crippen LogP contribution in [0.1, 0.15) is 27.2 Å². The Labute approximate surface area is 97.9 Å². The third-order valence-electron chi connectivity index (χ3n) is 3.22. The molecule has 0 heterocycles. The minimum atomic E-state index is -1.20. The van der Waals surface area contributed by atoms with Crippen molar-refractivity contribution < 1.29 is 0 Å². The van der Waals surface area contributed by atoms with Gasteiger partial charge in [0.25, 0.3) is 0 Å². The van der Waals surface area contributed by atoms with Crippen molar-refractivity contribution in [2.24, 2.45) is 0 Å². The van der Waals surface area contributed by atoms with Crippen molar-refractivity contribution in [3.8, 4) is 0 Å². The highest BCUT2D eigenvalue weighted by Gasteiger charge is 2.24. The summed E-state index contributed by atoms with van der Waals surface area (Å²) < 4.78 is 0. The maximum absolute atomic E-state index is 4.02. The summed E-state index contributed by atoms with van der Waals surface area (Å²) >= 11 is 0. The van der Waals surface area contributed by atoms with Gasteiger partial charge in [-0.1, -0.05) is 70.9 Å². The molecule has 0 saturated heterocycles. The van der Waals surface area contributed by atoms with E-state index in [0.717, 1.165) is 6.71 Å². The van der Waals surface area contributed by atoms with E-state index in [2.05, 4.69) is 53.1 Å². The Balaban J connectivity index is 5.33. The highest BCUT2D eigenvalue weighted by molar-refractivity contribution is 6.85. The maximum Gasteiger partial charge on any atom is 0.169 e. The first-order valence-electron chi connectivity index (χ1n) is 6.28. The molecule has 0 aromatic rings. The van der Waals surface area contributed by atoms with Crippen LogP contribution in [0, 0.1) is 0 Å². The summed E-state index contributed by atoms with van der Waals surface area (Å²) in [7, 11) is -1.20. The molecule has 0 atom stereocenters. The summed E-state index contributed by atoms with van der Waals surface area (Å²) in [6, 6.07) is 0. The lowest BCUT2D eigenvalue weighted by atomic mass is 9.40. The van der Waals surface area contributed by atoms with Crippen LogP contribution in [0.4, 0.5) is 0 Å². The van der Waals surface area contributed by atoms with Gasteiger partial charge in [-0.25, -0.2) is 0 Å². The molecule has 15 heavy (non-hydrogen) atoms. The first-order chi connectivity index (χ1) is 6.92. The molecule has 0 bridgehead atoms. The van der Waals surface area contributed by atoms with Gasteiger partial charge >= 0.3 is 0 Å². The smallest absolute Gasteiger partial charge is 0.102 e. The lowest BCUT2D eigenvalue weighted by Gasteiger charge is -2.25. The van der Waals surface area contributed by atoms with E-state index in [1.54, 1.807) is 10.7 Å². The van der Waals surface area contributed by atoms with Gasteiger partial charge in [0.2, 0.25) is 0 Å². The molecule has 2 heteroatoms. The summed E-state index contributed by atoms with van der Waals surface area (Å²) in [5.74, 6) is 0. The Hall–Kier alpha value is -0.238. The van der Waals surface area contributed by atoms with Crippen molar-refractivity contribution >= 4 is 14.8 Å². The molecule has 0 aliphatic rings. The zero-order valence-electron chi connectivity index (χ0n) is 11.5. The quantitative estimate of drug-likeness (QED) is 0.446. The molecule has 0 amide bonds. The van der Waals surface area contributed by atoms with Crippen molar-refractivity contribution in [1.82, 2.24) is 0 Å². The summed E-state index contributed by atoms with van der Waals surface area (Å²) in [6.07, 6.45) is 5.85. The van der Waals surface area contributed by atoms with Crippen LogP contribution in [0.2, 0.25) is 32.3 Å². The fraction of sp³-hybridized carbons (Fsp3) is 0.692. The predicted octanol–water partition coefficient (Wildman–Crippen LogP) is 4.83. The van der Waals surface area contributed by atoms with Gasteiger partial charge in [0, 0.05) is 0 Å². The van der Waals surface area contributed by atoms with Gasteiger partial charge in [-0.3, -0.25) is 0 Å². The minimum absolute atomic E-state index is 0.773. The fourth-order valence-electron chi connectivity index (χ4n) is 2.40. The van der Waals surface area contributed by atoms with Crippen LogP contribution in [0.25, 0.3) is 0 Å². The highest BCUT2D eigenvalue weighted by Crippen LogP contribution is 2.26. The Kier molecular flexibility index (Phi) is 6.27. The predicted molar refractivity (Wildman–Crippen MR) is 77.6 cm³/mol. The van der Waals surface area contributed by atoms with Crippen LogP contribution < -0.4 is 0 Å². The van der Waals surface area contributed by atoms with Crippen molar-refractivity contribution in [3.05, 3.63) is 23.3 Å². The zero-order chi connectivity index (χ0) is 12.1. The third kappa shape index (κ3) is 4.02. The van der Waals surface area contributed by atoms with E-state index in [1.165, 1.54) is 19.1 Å². The van der Waals surface area contributed by atoms with Crippen LogP contribution in [-0.2, 0) is 0 Å². The second-order valence-corrected chi connectivity index (χ2v) is 10.3. The number of allylic oxidation sites excluding steroid dienone is 3. The molecule has 0 N–H and O–H groups in total. The van der Waals surface area contributed by atoms with E-state index < -0.39 is 8.07 Å². The first-order valence-corrected chi connectivity index (χ1v) is 9.78. The van der Waals surface area contributed by atoms with Crippen LogP contribution in [0.15, 0.2) is 23.3 Å². The normalized spacial score (nSPS) is 13.5. The highest BCUT2D eigenvalue weighted by atomic mass is 28.3. The Morgan fingerprint density at radius 2 is 1.60 bits per heavy atom. The molecular weight excluding hydrogens is 195 g/mol. The van der Waals surface area contributed by atoms with Crippen LogP contribution in [0.5, 0.6) is 0 Å². The van der Waals surface area contributed by atoms with E-state index in [-0.39, 0.29) is 0 Å². The van der Waals surface area contributed by atoms with Crippen LogP contribution in [-0.4, -0.2) is 14.8 Å². The Morgan fingerprint density at radius 3 is 1.80 bits per heavy atom. The van der Waals surface area contributed by atoms with Gasteiger partial charge in [-0.2, -0.15) is 0 Å². The minimum Gasteiger partial charge on any atom is -0.102 e. The van der Waals surface area contributed by atoms with Gasteiger partial charge in [-0.15, -0.1) is 5.47 Å². The topological polar surface area (TPSA) is 0 Å². The molecule has 0 nitrogen and oxygen atoms in total. The fourth-order valence-corrected chi connectivity index (χ4v) is 4.36. The second-order valence-electron chi connectivity index (χ2n) is 5.26. The van der Waals surface area contributed by atoms with Crippen LogP contribution in [0.3, 0.4) is 0 Å². The molecule has 0 fully saturated rings. The molecular formula is C13H27BSi. The molecule has 0 aromatic heterocycles. The first kappa shape index (κ1) is 14.8. The van der Waals surface area contributed by atoms with Gasteiger partial charge in [0.1, 0.15) is 0 Å². The van der Waals surface area contributed by atoms with E-state index in [0.29, 0.717) is 0 Å². The summed E-state index contributed by atoms with van der Waals surface area (Å²) in [5.41, 5.74) is 1.68. The van der Waals surface area contributed by atoms with Gasteiger partial charge in [0.15, 0.2) is 6.71 Å². The number of hydrogen-bond acceptors (Lipinski definition) is 0. The van der Waals surface area contributed by atoms with Crippen molar-refractivity contribution in [3.63, 3.8) is 0 Å². The van der Waals surface area contributed by atoms with Gasteiger partial charge in [0.05, 0.1) is 8.07 Å². The molecule has 0 spiro atoms. The van der Waals surface area contributed by atoms with E-state index in [1.807, 2.05) is 0 Å². The Morgan fingerprint density at radius 1 is 1.13 bits per heavy atom. The maximum atomic E-state index is 4.02. The molecule has 0 radical (unpaired) electrons. The van der Waals surface area contributed by atoms with Gasteiger partial charge in [-0.05, 0) is 6.42 Å². The average Bonchev–Trinajstić information content (AvgIpc) is 2.16. The summed E-state index contributed by atoms with van der Waals surface area (Å²) in [4.78, 5) is 0. The molecule has 86 valence electrons. The summed E-state index contributed by atoms with van der Waals surface area (Å²) in [5, 5.41) is 1.60. The molecule has 0 aliphatic carbocycles. The summed E-state index contributed by atoms with van der Waals surface area (Å²) in [6.45, 7) is 18.9. The largest absolute Gasteiger partial charge is 0.169 e. The Bertz CT molecular complexity index is 231. The molecule has 0 rings (SSSR count). The average molecular weight is 222 g/mol. The van der Waals surface area contributed by atoms with Crippen LogP contribution >= 0.6 is 0 Å². The third-order valence-corrected chi connectivity index (χ3v) is 5.36.